The molecule has 0 saturated carbocycles. The molecule has 5 rings (SSSR count). The van der Waals surface area contributed by atoms with Crippen LogP contribution in [0.4, 0.5) is 0 Å². The van der Waals surface area contributed by atoms with Crippen molar-refractivity contribution >= 4 is 11.8 Å². The predicted octanol–water partition coefficient (Wildman–Crippen LogP) is 3.00. The summed E-state index contributed by atoms with van der Waals surface area (Å²) in [6.07, 6.45) is 8.03. The highest BCUT2D eigenvalue weighted by atomic mass is 32.2. The second-order valence-corrected chi connectivity index (χ2v) is 10.1. The number of thioether (sulfide) groups is 1. The van der Waals surface area contributed by atoms with Gasteiger partial charge in [0.25, 0.3) is 0 Å². The number of likely N-dealkylation sites (N-methyl/N-ethyl adjacent to an activating group) is 1. The lowest BCUT2D eigenvalue weighted by molar-refractivity contribution is -0.0608. The zero-order valence-electron chi connectivity index (χ0n) is 19.5. The van der Waals surface area contributed by atoms with Gasteiger partial charge in [-0.1, -0.05) is 12.1 Å². The van der Waals surface area contributed by atoms with Crippen molar-refractivity contribution in [3.05, 3.63) is 64.6 Å². The van der Waals surface area contributed by atoms with Gasteiger partial charge in [0, 0.05) is 48.9 Å². The second-order valence-electron chi connectivity index (χ2n) is 9.21. The number of hydrazine groups is 1. The van der Waals surface area contributed by atoms with Crippen LogP contribution in [0.5, 0.6) is 0 Å². The molecule has 3 N–H and O–H groups in total. The van der Waals surface area contributed by atoms with Crippen molar-refractivity contribution in [1.82, 2.24) is 26.0 Å². The maximum Gasteiger partial charge on any atom is 0.107 e. The molecule has 4 aliphatic rings. The summed E-state index contributed by atoms with van der Waals surface area (Å²) in [6, 6.07) is 9.76. The molecule has 0 amide bonds. The van der Waals surface area contributed by atoms with E-state index in [1.54, 1.807) is 11.8 Å². The van der Waals surface area contributed by atoms with Crippen molar-refractivity contribution in [2.45, 2.75) is 49.3 Å². The van der Waals surface area contributed by atoms with Gasteiger partial charge in [0.05, 0.1) is 25.1 Å². The number of allylic oxidation sites excluding steroid dienone is 2. The molecule has 0 aromatic heterocycles. The van der Waals surface area contributed by atoms with Crippen LogP contribution in [-0.4, -0.2) is 67.7 Å². The molecule has 0 bridgehead atoms. The third-order valence-corrected chi connectivity index (χ3v) is 8.09. The number of morpholine rings is 1. The van der Waals surface area contributed by atoms with E-state index >= 15 is 0 Å². The Morgan fingerprint density at radius 1 is 1.19 bits per heavy atom. The number of nitrogens with zero attached hydrogens (tertiary/aromatic N) is 2. The van der Waals surface area contributed by atoms with E-state index in [1.165, 1.54) is 33.0 Å². The zero-order valence-corrected chi connectivity index (χ0v) is 20.3. The summed E-state index contributed by atoms with van der Waals surface area (Å²) < 4.78 is 5.78. The van der Waals surface area contributed by atoms with Crippen LogP contribution in [-0.2, 0) is 4.74 Å². The molecule has 32 heavy (non-hydrogen) atoms. The van der Waals surface area contributed by atoms with E-state index in [1.807, 2.05) is 0 Å². The highest BCUT2D eigenvalue weighted by Gasteiger charge is 2.43. The SMILES string of the molecule is CSc1ccc(C2CC(N3CCOC[C@H]3C)N(C)C3=C2C(C)=CNC3C2=CCNN2)cc1. The Balaban J connectivity index is 1.61. The first-order valence-electron chi connectivity index (χ1n) is 11.6. The minimum atomic E-state index is 0.126. The van der Waals surface area contributed by atoms with Crippen LogP contribution in [0, 0.1) is 0 Å². The number of benzene rings is 1. The van der Waals surface area contributed by atoms with Crippen molar-refractivity contribution in [2.24, 2.45) is 0 Å². The van der Waals surface area contributed by atoms with Crippen molar-refractivity contribution in [3.63, 3.8) is 0 Å². The number of nitrogens with one attached hydrogen (secondary N) is 3. The zero-order chi connectivity index (χ0) is 22.2. The van der Waals surface area contributed by atoms with Crippen LogP contribution in [0.3, 0.4) is 0 Å². The Kier molecular flexibility index (Phi) is 6.25. The molecular weight excluding hydrogens is 418 g/mol. The van der Waals surface area contributed by atoms with Gasteiger partial charge in [-0.2, -0.15) is 0 Å². The largest absolute Gasteiger partial charge is 0.379 e. The third kappa shape index (κ3) is 3.85. The van der Waals surface area contributed by atoms with E-state index in [0.29, 0.717) is 18.1 Å². The average molecular weight is 454 g/mol. The lowest BCUT2D eigenvalue weighted by atomic mass is 9.76. The molecule has 1 saturated heterocycles. The fourth-order valence-corrected chi connectivity index (χ4v) is 6.10. The Labute approximate surface area is 196 Å². The van der Waals surface area contributed by atoms with Crippen molar-refractivity contribution in [1.29, 1.82) is 0 Å². The molecule has 0 radical (unpaired) electrons. The highest BCUT2D eigenvalue weighted by molar-refractivity contribution is 7.98. The monoisotopic (exact) mass is 453 g/mol. The Hall–Kier alpha value is -1.93. The van der Waals surface area contributed by atoms with Crippen LogP contribution >= 0.6 is 11.8 Å². The second kappa shape index (κ2) is 9.14. The van der Waals surface area contributed by atoms with Gasteiger partial charge < -0.3 is 20.4 Å². The fraction of sp³-hybridized carbons (Fsp3) is 0.520. The van der Waals surface area contributed by atoms with E-state index in [-0.39, 0.29) is 6.04 Å². The van der Waals surface area contributed by atoms with Gasteiger partial charge in [-0.25, -0.2) is 5.43 Å². The Morgan fingerprint density at radius 3 is 2.69 bits per heavy atom. The maximum atomic E-state index is 5.78. The summed E-state index contributed by atoms with van der Waals surface area (Å²) >= 11 is 1.80. The molecule has 0 spiro atoms. The van der Waals surface area contributed by atoms with Gasteiger partial charge in [-0.3, -0.25) is 4.90 Å². The summed E-state index contributed by atoms with van der Waals surface area (Å²) in [5, 5.41) is 3.69. The molecule has 4 atom stereocenters. The van der Waals surface area contributed by atoms with Crippen molar-refractivity contribution in [3.8, 4) is 0 Å². The number of ether oxygens (including phenoxy) is 1. The molecule has 1 aromatic carbocycles. The fourth-order valence-electron chi connectivity index (χ4n) is 5.69. The minimum absolute atomic E-state index is 0.126. The van der Waals surface area contributed by atoms with E-state index in [9.17, 15) is 0 Å². The molecule has 0 aliphatic carbocycles. The van der Waals surface area contributed by atoms with Crippen molar-refractivity contribution < 1.29 is 4.74 Å². The molecular formula is C25H35N5OS. The first kappa shape index (κ1) is 21.9. The molecule has 4 heterocycles. The molecule has 172 valence electrons. The van der Waals surface area contributed by atoms with Gasteiger partial charge in [0.1, 0.15) is 6.04 Å². The summed E-state index contributed by atoms with van der Waals surface area (Å²) in [5.74, 6) is 0.368. The molecule has 1 fully saturated rings. The summed E-state index contributed by atoms with van der Waals surface area (Å²) in [6.45, 7) is 8.00. The maximum absolute atomic E-state index is 5.78. The summed E-state index contributed by atoms with van der Waals surface area (Å²) in [5.41, 5.74) is 13.5. The van der Waals surface area contributed by atoms with Gasteiger partial charge in [0.2, 0.25) is 0 Å². The molecule has 1 aromatic rings. The normalized spacial score (nSPS) is 30.9. The highest BCUT2D eigenvalue weighted by Crippen LogP contribution is 2.46. The van der Waals surface area contributed by atoms with Gasteiger partial charge in [-0.15, -0.1) is 11.8 Å². The van der Waals surface area contributed by atoms with Crippen molar-refractivity contribution in [2.75, 3.05) is 39.6 Å². The first-order chi connectivity index (χ1) is 15.6. The smallest absolute Gasteiger partial charge is 0.107 e. The summed E-state index contributed by atoms with van der Waals surface area (Å²) in [4.78, 5) is 6.51. The van der Waals surface area contributed by atoms with Gasteiger partial charge in [0.15, 0.2) is 0 Å². The van der Waals surface area contributed by atoms with Crippen LogP contribution in [0.25, 0.3) is 0 Å². The van der Waals surface area contributed by atoms with Crippen LogP contribution < -0.4 is 16.2 Å². The predicted molar refractivity (Wildman–Crippen MR) is 131 cm³/mol. The number of rotatable bonds is 4. The number of hydrogen-bond donors (Lipinski definition) is 3. The molecule has 3 unspecified atom stereocenters. The lowest BCUT2D eigenvalue weighted by Crippen LogP contribution is -2.59. The van der Waals surface area contributed by atoms with Crippen LogP contribution in [0.15, 0.2) is 64.0 Å². The third-order valence-electron chi connectivity index (χ3n) is 7.35. The number of dihydropyridines is 1. The Bertz CT molecular complexity index is 940. The van der Waals surface area contributed by atoms with Gasteiger partial charge >= 0.3 is 0 Å². The van der Waals surface area contributed by atoms with E-state index < -0.39 is 0 Å². The average Bonchev–Trinajstić information content (AvgIpc) is 3.35. The summed E-state index contributed by atoms with van der Waals surface area (Å²) in [7, 11) is 2.28. The molecule has 7 heteroatoms. The van der Waals surface area contributed by atoms with Crippen LogP contribution in [0.2, 0.25) is 0 Å². The first-order valence-corrected chi connectivity index (χ1v) is 12.9. The van der Waals surface area contributed by atoms with Crippen LogP contribution in [0.1, 0.15) is 31.7 Å². The topological polar surface area (TPSA) is 51.8 Å². The quantitative estimate of drug-likeness (QED) is 0.606. The van der Waals surface area contributed by atoms with Gasteiger partial charge in [-0.05, 0) is 61.4 Å². The van der Waals surface area contributed by atoms with E-state index in [0.717, 1.165) is 32.7 Å². The standard InChI is InChI=1S/C25H35N5OS/c1-16-14-26-24(21-9-10-27-28-21)25-23(16)20(18-5-7-19(32-4)8-6-18)13-22(29(25)3)30-11-12-31-15-17(30)2/h5-9,14,17,20,22,24,26-28H,10-13,15H2,1-4H3/t17-,20?,22?,24?/m1/s1. The molecule has 4 aliphatic heterocycles. The minimum Gasteiger partial charge on any atom is -0.379 e. The Morgan fingerprint density at radius 2 is 2.00 bits per heavy atom. The lowest BCUT2D eigenvalue weighted by Gasteiger charge is -2.52. The number of hydrogen-bond acceptors (Lipinski definition) is 7. The van der Waals surface area contributed by atoms with E-state index in [2.05, 4.69) is 89.7 Å². The molecule has 6 nitrogen and oxygen atoms in total. The van der Waals surface area contributed by atoms with E-state index in [4.69, 9.17) is 4.74 Å².